The summed E-state index contributed by atoms with van der Waals surface area (Å²) in [6.07, 6.45) is -4.78. The first-order valence-electron chi connectivity index (χ1n) is 4.73. The van der Waals surface area contributed by atoms with Crippen molar-refractivity contribution in [3.63, 3.8) is 0 Å². The monoisotopic (exact) mass is 271 g/mol. The Morgan fingerprint density at radius 2 is 1.88 bits per heavy atom. The second kappa shape index (κ2) is 5.68. The number of benzene rings is 1. The Morgan fingerprint density at radius 1 is 1.24 bits per heavy atom. The van der Waals surface area contributed by atoms with Gasteiger partial charge in [-0.3, -0.25) is 0 Å². The normalized spacial score (nSPS) is 13.8. The molecule has 1 unspecified atom stereocenters. The number of alkyl halides is 3. The molecule has 96 valence electrons. The molecule has 0 aliphatic heterocycles. The Balaban J connectivity index is 2.86. The predicted molar refractivity (Wildman–Crippen MR) is 55.7 cm³/mol. The minimum Gasteiger partial charge on any atom is -0.330 e. The molecule has 7 heteroatoms. The molecule has 1 atom stereocenters. The average Bonchev–Trinajstić information content (AvgIpc) is 2.19. The molecule has 0 saturated heterocycles. The van der Waals surface area contributed by atoms with Gasteiger partial charge in [-0.2, -0.15) is 13.2 Å². The van der Waals surface area contributed by atoms with Gasteiger partial charge in [0.25, 0.3) is 0 Å². The molecule has 17 heavy (non-hydrogen) atoms. The average molecular weight is 271 g/mol. The van der Waals surface area contributed by atoms with Crippen molar-refractivity contribution in [3.05, 3.63) is 29.8 Å². The van der Waals surface area contributed by atoms with E-state index in [-0.39, 0.29) is 17.9 Å². The highest BCUT2D eigenvalue weighted by molar-refractivity contribution is 8.00. The summed E-state index contributed by atoms with van der Waals surface area (Å²) in [5, 5.41) is -1.78. The summed E-state index contributed by atoms with van der Waals surface area (Å²) in [4.78, 5) is -0.234. The zero-order valence-electron chi connectivity index (χ0n) is 8.60. The van der Waals surface area contributed by atoms with E-state index in [1.165, 1.54) is 0 Å². The molecule has 1 aromatic carbocycles. The molecule has 0 radical (unpaired) electrons. The molecule has 0 heterocycles. The highest BCUT2D eigenvalue weighted by Gasteiger charge is 2.40. The van der Waals surface area contributed by atoms with Crippen LogP contribution in [0.1, 0.15) is 6.42 Å². The van der Waals surface area contributed by atoms with Gasteiger partial charge in [0.1, 0.15) is 16.9 Å². The lowest BCUT2D eigenvalue weighted by molar-refractivity contribution is -0.129. The summed E-state index contributed by atoms with van der Waals surface area (Å²) in [6, 6.07) is 2.46. The zero-order valence-corrected chi connectivity index (χ0v) is 9.42. The van der Waals surface area contributed by atoms with Crippen molar-refractivity contribution < 1.29 is 22.0 Å². The van der Waals surface area contributed by atoms with E-state index in [1.54, 1.807) is 0 Å². The van der Waals surface area contributed by atoms with Crippen molar-refractivity contribution in [1.82, 2.24) is 0 Å². The molecule has 0 aliphatic carbocycles. The number of rotatable bonds is 4. The van der Waals surface area contributed by atoms with E-state index in [2.05, 4.69) is 0 Å². The number of nitrogens with two attached hydrogens (primary N) is 1. The minimum atomic E-state index is -4.47. The lowest BCUT2D eigenvalue weighted by Crippen LogP contribution is -2.28. The van der Waals surface area contributed by atoms with Crippen LogP contribution in [-0.2, 0) is 0 Å². The van der Waals surface area contributed by atoms with Gasteiger partial charge in [-0.1, -0.05) is 0 Å². The van der Waals surface area contributed by atoms with Crippen molar-refractivity contribution in [2.75, 3.05) is 6.54 Å². The summed E-state index contributed by atoms with van der Waals surface area (Å²) >= 11 is 0.309. The number of halogens is 5. The highest BCUT2D eigenvalue weighted by Crippen LogP contribution is 2.37. The van der Waals surface area contributed by atoms with Crippen LogP contribution in [0.4, 0.5) is 22.0 Å². The number of thioether (sulfide) groups is 1. The third-order valence-electron chi connectivity index (χ3n) is 1.96. The van der Waals surface area contributed by atoms with Gasteiger partial charge in [-0.25, -0.2) is 8.78 Å². The number of hydrogen-bond donors (Lipinski definition) is 1. The third kappa shape index (κ3) is 4.16. The van der Waals surface area contributed by atoms with Crippen LogP contribution in [-0.4, -0.2) is 18.0 Å². The topological polar surface area (TPSA) is 26.0 Å². The van der Waals surface area contributed by atoms with Crippen LogP contribution in [0, 0.1) is 11.6 Å². The maximum absolute atomic E-state index is 13.2. The Kier molecular flexibility index (Phi) is 4.76. The summed E-state index contributed by atoms with van der Waals surface area (Å²) in [6.45, 7) is -0.153. The van der Waals surface area contributed by atoms with E-state index in [0.29, 0.717) is 17.8 Å². The first-order valence-corrected chi connectivity index (χ1v) is 5.61. The molecule has 0 fully saturated rings. The standard InChI is InChI=1S/C10H10F5NS/c11-6-1-2-8(7(12)5-6)17-9(3-4-16)10(13,14)15/h1-2,5,9H,3-4,16H2. The fraction of sp³-hybridized carbons (Fsp3) is 0.400. The van der Waals surface area contributed by atoms with E-state index in [4.69, 9.17) is 5.73 Å². The fourth-order valence-electron chi connectivity index (χ4n) is 1.16. The van der Waals surface area contributed by atoms with Gasteiger partial charge in [0, 0.05) is 11.0 Å². The van der Waals surface area contributed by atoms with Crippen LogP contribution in [0.3, 0.4) is 0 Å². The van der Waals surface area contributed by atoms with E-state index < -0.39 is 23.1 Å². The molecule has 0 aromatic heterocycles. The zero-order chi connectivity index (χ0) is 13.1. The van der Waals surface area contributed by atoms with Crippen molar-refractivity contribution in [3.8, 4) is 0 Å². The van der Waals surface area contributed by atoms with Crippen LogP contribution in [0.15, 0.2) is 23.1 Å². The highest BCUT2D eigenvalue weighted by atomic mass is 32.2. The molecule has 1 rings (SSSR count). The third-order valence-corrected chi connectivity index (χ3v) is 3.33. The predicted octanol–water partition coefficient (Wildman–Crippen LogP) is 3.34. The lowest BCUT2D eigenvalue weighted by atomic mass is 10.3. The molecular formula is C10H10F5NS. The molecule has 0 aliphatic rings. The lowest BCUT2D eigenvalue weighted by Gasteiger charge is -2.19. The summed E-state index contributed by atoms with van der Waals surface area (Å²) in [7, 11) is 0. The van der Waals surface area contributed by atoms with Gasteiger partial charge in [0.15, 0.2) is 0 Å². The van der Waals surface area contributed by atoms with E-state index >= 15 is 0 Å². The maximum Gasteiger partial charge on any atom is 0.400 e. The van der Waals surface area contributed by atoms with Crippen LogP contribution in [0.2, 0.25) is 0 Å². The molecule has 1 nitrogen and oxygen atoms in total. The smallest absolute Gasteiger partial charge is 0.330 e. The van der Waals surface area contributed by atoms with Crippen molar-refractivity contribution in [2.45, 2.75) is 22.7 Å². The van der Waals surface area contributed by atoms with Gasteiger partial charge < -0.3 is 5.73 Å². The number of hydrogen-bond acceptors (Lipinski definition) is 2. The molecule has 0 bridgehead atoms. The maximum atomic E-state index is 13.2. The second-order valence-corrected chi connectivity index (χ2v) is 4.54. The van der Waals surface area contributed by atoms with E-state index in [9.17, 15) is 22.0 Å². The Morgan fingerprint density at radius 3 is 2.35 bits per heavy atom. The molecule has 0 spiro atoms. The van der Waals surface area contributed by atoms with Crippen molar-refractivity contribution in [2.24, 2.45) is 5.73 Å². The van der Waals surface area contributed by atoms with Gasteiger partial charge in [0.05, 0.1) is 0 Å². The van der Waals surface area contributed by atoms with Gasteiger partial charge in [-0.05, 0) is 25.1 Å². The molecule has 0 saturated carbocycles. The Bertz CT molecular complexity index is 379. The first kappa shape index (κ1) is 14.2. The van der Waals surface area contributed by atoms with Crippen LogP contribution in [0.25, 0.3) is 0 Å². The van der Waals surface area contributed by atoms with E-state index in [0.717, 1.165) is 12.1 Å². The van der Waals surface area contributed by atoms with Crippen molar-refractivity contribution in [1.29, 1.82) is 0 Å². The quantitative estimate of drug-likeness (QED) is 0.671. The fourth-order valence-corrected chi connectivity index (χ4v) is 2.18. The summed E-state index contributed by atoms with van der Waals surface area (Å²) < 4.78 is 63.3. The van der Waals surface area contributed by atoms with Gasteiger partial charge in [-0.15, -0.1) is 11.8 Å². The summed E-state index contributed by atoms with van der Waals surface area (Å²) in [5.41, 5.74) is 5.07. The van der Waals surface area contributed by atoms with Crippen LogP contribution in [0.5, 0.6) is 0 Å². The molecule has 0 amide bonds. The summed E-state index contributed by atoms with van der Waals surface area (Å²) in [5.74, 6) is -1.82. The Hall–Kier alpha value is -0.820. The van der Waals surface area contributed by atoms with Crippen LogP contribution >= 0.6 is 11.8 Å². The van der Waals surface area contributed by atoms with Gasteiger partial charge in [0.2, 0.25) is 0 Å². The van der Waals surface area contributed by atoms with Crippen LogP contribution < -0.4 is 5.73 Å². The molecule has 2 N–H and O–H groups in total. The van der Waals surface area contributed by atoms with E-state index in [1.807, 2.05) is 0 Å². The first-order chi connectivity index (χ1) is 7.84. The SMILES string of the molecule is NCCC(Sc1ccc(F)cc1F)C(F)(F)F. The Labute approximate surface area is 99.2 Å². The molecule has 1 aromatic rings. The largest absolute Gasteiger partial charge is 0.400 e. The minimum absolute atomic E-state index is 0.153. The van der Waals surface area contributed by atoms with Gasteiger partial charge >= 0.3 is 6.18 Å². The van der Waals surface area contributed by atoms with Crippen molar-refractivity contribution >= 4 is 11.8 Å². The second-order valence-electron chi connectivity index (χ2n) is 3.30. The molecular weight excluding hydrogens is 261 g/mol.